The minimum Gasteiger partial charge on any atom is -0.368 e. The molecule has 1 fully saturated rings. The van der Waals surface area contributed by atoms with Crippen LogP contribution in [0.5, 0.6) is 0 Å². The van der Waals surface area contributed by atoms with Crippen molar-refractivity contribution in [3.8, 4) is 11.1 Å². The van der Waals surface area contributed by atoms with Crippen molar-refractivity contribution in [2.75, 3.05) is 17.7 Å². The van der Waals surface area contributed by atoms with E-state index in [0.717, 1.165) is 30.9 Å². The Hall–Kier alpha value is -2.34. The first-order valence-electron chi connectivity index (χ1n) is 9.34. The Labute approximate surface area is 184 Å². The molecule has 0 atom stereocenters. The molecule has 7 heteroatoms. The number of hydrogen-bond acceptors (Lipinski definition) is 5. The SMILES string of the molecule is CN(Cc1ccc(-c2ccccc2)cc1)c1cc(C2CC(N)C2)nc(N)n1.Cl.Cl. The summed E-state index contributed by atoms with van der Waals surface area (Å²) in [5, 5.41) is 0. The first-order valence-corrected chi connectivity index (χ1v) is 9.34. The Morgan fingerprint density at radius 1 is 0.931 bits per heavy atom. The molecule has 2 aromatic carbocycles. The van der Waals surface area contributed by atoms with E-state index in [0.29, 0.717) is 11.9 Å². The monoisotopic (exact) mass is 431 g/mol. The quantitative estimate of drug-likeness (QED) is 0.624. The first-order chi connectivity index (χ1) is 13.1. The molecule has 1 aliphatic carbocycles. The molecule has 1 saturated carbocycles. The highest BCUT2D eigenvalue weighted by Gasteiger charge is 2.29. The standard InChI is InChI=1S/C22H25N5.2ClH/c1-27(21-13-20(25-22(24)26-21)18-11-19(23)12-18)14-15-7-9-17(10-8-15)16-5-3-2-4-6-16;;/h2-10,13,18-19H,11-12,14,23H2,1H3,(H2,24,25,26);2*1H. The average Bonchev–Trinajstić information content (AvgIpc) is 2.66. The van der Waals surface area contributed by atoms with Gasteiger partial charge in [0, 0.05) is 31.6 Å². The lowest BCUT2D eigenvalue weighted by molar-refractivity contribution is 0.345. The van der Waals surface area contributed by atoms with Crippen LogP contribution in [0.4, 0.5) is 11.8 Å². The van der Waals surface area contributed by atoms with Crippen molar-refractivity contribution >= 4 is 36.6 Å². The number of nitrogens with two attached hydrogens (primary N) is 2. The van der Waals surface area contributed by atoms with Gasteiger partial charge >= 0.3 is 0 Å². The summed E-state index contributed by atoms with van der Waals surface area (Å²) >= 11 is 0. The maximum absolute atomic E-state index is 5.95. The first kappa shape index (κ1) is 22.9. The third-order valence-corrected chi connectivity index (χ3v) is 5.21. The highest BCUT2D eigenvalue weighted by atomic mass is 35.5. The van der Waals surface area contributed by atoms with Crippen LogP contribution in [0, 0.1) is 0 Å². The Bertz CT molecular complexity index is 912. The molecule has 0 bridgehead atoms. The molecule has 29 heavy (non-hydrogen) atoms. The van der Waals surface area contributed by atoms with Gasteiger partial charge in [0.25, 0.3) is 0 Å². The van der Waals surface area contributed by atoms with Gasteiger partial charge in [0.1, 0.15) is 5.82 Å². The second-order valence-electron chi connectivity index (χ2n) is 7.36. The van der Waals surface area contributed by atoms with Gasteiger partial charge < -0.3 is 16.4 Å². The van der Waals surface area contributed by atoms with Crippen LogP contribution in [0.3, 0.4) is 0 Å². The molecular formula is C22H27Cl2N5. The summed E-state index contributed by atoms with van der Waals surface area (Å²) in [6, 6.07) is 21.4. The summed E-state index contributed by atoms with van der Waals surface area (Å²) in [5.41, 5.74) is 16.5. The van der Waals surface area contributed by atoms with Gasteiger partial charge in [-0.15, -0.1) is 24.8 Å². The summed E-state index contributed by atoms with van der Waals surface area (Å²) in [4.78, 5) is 10.9. The molecule has 1 aromatic heterocycles. The van der Waals surface area contributed by atoms with Crippen molar-refractivity contribution in [2.45, 2.75) is 31.3 Å². The number of nitrogen functional groups attached to an aromatic ring is 1. The van der Waals surface area contributed by atoms with E-state index in [4.69, 9.17) is 11.5 Å². The predicted molar refractivity (Wildman–Crippen MR) is 125 cm³/mol. The van der Waals surface area contributed by atoms with Crippen molar-refractivity contribution in [2.24, 2.45) is 5.73 Å². The van der Waals surface area contributed by atoms with Crippen LogP contribution in [-0.2, 0) is 6.54 Å². The van der Waals surface area contributed by atoms with Crippen LogP contribution in [-0.4, -0.2) is 23.1 Å². The van der Waals surface area contributed by atoms with E-state index in [1.165, 1.54) is 16.7 Å². The van der Waals surface area contributed by atoms with Gasteiger partial charge in [0.05, 0.1) is 5.69 Å². The molecule has 0 aliphatic heterocycles. The van der Waals surface area contributed by atoms with Crippen LogP contribution in [0.1, 0.15) is 30.0 Å². The van der Waals surface area contributed by atoms with Crippen LogP contribution >= 0.6 is 24.8 Å². The second kappa shape index (κ2) is 9.92. The zero-order chi connectivity index (χ0) is 18.8. The molecule has 0 unspecified atom stereocenters. The lowest BCUT2D eigenvalue weighted by Gasteiger charge is -2.32. The van der Waals surface area contributed by atoms with Gasteiger partial charge in [-0.1, -0.05) is 54.6 Å². The summed E-state index contributed by atoms with van der Waals surface area (Å²) in [6.07, 6.45) is 1.95. The molecule has 0 spiro atoms. The fourth-order valence-corrected chi connectivity index (χ4v) is 3.57. The number of nitrogens with zero attached hydrogens (tertiary/aromatic N) is 3. The molecule has 1 heterocycles. The number of aromatic nitrogens is 2. The largest absolute Gasteiger partial charge is 0.368 e. The van der Waals surface area contributed by atoms with E-state index in [-0.39, 0.29) is 30.9 Å². The number of hydrogen-bond donors (Lipinski definition) is 2. The lowest BCUT2D eigenvalue weighted by atomic mass is 9.78. The van der Waals surface area contributed by atoms with Crippen molar-refractivity contribution in [1.29, 1.82) is 0 Å². The molecule has 154 valence electrons. The smallest absolute Gasteiger partial charge is 0.222 e. The Morgan fingerprint density at radius 3 is 2.17 bits per heavy atom. The molecule has 0 saturated heterocycles. The van der Waals surface area contributed by atoms with Crippen LogP contribution in [0.15, 0.2) is 60.7 Å². The van der Waals surface area contributed by atoms with E-state index in [1.54, 1.807) is 0 Å². The van der Waals surface area contributed by atoms with Crippen LogP contribution in [0.2, 0.25) is 0 Å². The summed E-state index contributed by atoms with van der Waals surface area (Å²) < 4.78 is 0. The molecule has 5 nitrogen and oxygen atoms in total. The van der Waals surface area contributed by atoms with E-state index < -0.39 is 0 Å². The van der Waals surface area contributed by atoms with Crippen molar-refractivity contribution in [1.82, 2.24) is 9.97 Å². The van der Waals surface area contributed by atoms with Gasteiger partial charge in [0.15, 0.2) is 0 Å². The van der Waals surface area contributed by atoms with Gasteiger partial charge in [-0.3, -0.25) is 0 Å². The fourth-order valence-electron chi connectivity index (χ4n) is 3.57. The molecule has 0 amide bonds. The summed E-state index contributed by atoms with van der Waals surface area (Å²) in [5.74, 6) is 1.59. The molecule has 0 radical (unpaired) electrons. The topological polar surface area (TPSA) is 81.1 Å². The van der Waals surface area contributed by atoms with Gasteiger partial charge in [0.2, 0.25) is 5.95 Å². The van der Waals surface area contributed by atoms with Gasteiger partial charge in [-0.25, -0.2) is 4.98 Å². The third kappa shape index (κ3) is 5.38. The zero-order valence-electron chi connectivity index (χ0n) is 16.4. The molecule has 1 aliphatic rings. The van der Waals surface area contributed by atoms with E-state index in [2.05, 4.69) is 63.4 Å². The Kier molecular flexibility index (Phi) is 7.85. The maximum atomic E-state index is 5.95. The Balaban J connectivity index is 0.00000150. The molecule has 3 aromatic rings. The molecule has 4 N–H and O–H groups in total. The minimum absolute atomic E-state index is 0. The summed E-state index contributed by atoms with van der Waals surface area (Å²) in [7, 11) is 2.03. The maximum Gasteiger partial charge on any atom is 0.222 e. The summed E-state index contributed by atoms with van der Waals surface area (Å²) in [6.45, 7) is 0.759. The van der Waals surface area contributed by atoms with Crippen molar-refractivity contribution < 1.29 is 0 Å². The number of rotatable bonds is 5. The highest BCUT2D eigenvalue weighted by molar-refractivity contribution is 5.85. The third-order valence-electron chi connectivity index (χ3n) is 5.21. The number of anilines is 2. The number of benzene rings is 2. The van der Waals surface area contributed by atoms with Crippen LogP contribution < -0.4 is 16.4 Å². The van der Waals surface area contributed by atoms with Crippen molar-refractivity contribution in [3.63, 3.8) is 0 Å². The van der Waals surface area contributed by atoms with E-state index >= 15 is 0 Å². The second-order valence-corrected chi connectivity index (χ2v) is 7.36. The van der Waals surface area contributed by atoms with Gasteiger partial charge in [-0.2, -0.15) is 4.98 Å². The van der Waals surface area contributed by atoms with E-state index in [9.17, 15) is 0 Å². The fraction of sp³-hybridized carbons (Fsp3) is 0.273. The normalized spacial score (nSPS) is 17.4. The zero-order valence-corrected chi connectivity index (χ0v) is 18.0. The number of halogens is 2. The average molecular weight is 432 g/mol. The van der Waals surface area contributed by atoms with Gasteiger partial charge in [-0.05, 0) is 29.5 Å². The molecule has 4 rings (SSSR count). The van der Waals surface area contributed by atoms with Crippen molar-refractivity contribution in [3.05, 3.63) is 71.9 Å². The highest BCUT2D eigenvalue weighted by Crippen LogP contribution is 2.35. The Morgan fingerprint density at radius 2 is 1.55 bits per heavy atom. The van der Waals surface area contributed by atoms with E-state index in [1.807, 2.05) is 19.2 Å². The minimum atomic E-state index is 0. The lowest BCUT2D eigenvalue weighted by Crippen LogP contribution is -2.35. The predicted octanol–water partition coefficient (Wildman–Crippen LogP) is 4.41. The van der Waals surface area contributed by atoms with Crippen LogP contribution in [0.25, 0.3) is 11.1 Å². The molecular weight excluding hydrogens is 405 g/mol.